The molecule has 2 N–H and O–H groups in total. The van der Waals surface area contributed by atoms with Gasteiger partial charge in [0, 0.05) is 13.1 Å². The second kappa shape index (κ2) is 4.86. The van der Waals surface area contributed by atoms with Crippen LogP contribution in [0.1, 0.15) is 12.8 Å². The van der Waals surface area contributed by atoms with Crippen molar-refractivity contribution >= 4 is 10.2 Å². The number of nitrogens with one attached hydrogen (secondary N) is 1. The Bertz CT molecular complexity index is 322. The van der Waals surface area contributed by atoms with Gasteiger partial charge in [-0.05, 0) is 12.8 Å². The van der Waals surface area contributed by atoms with Crippen molar-refractivity contribution in [1.82, 2.24) is 9.03 Å². The lowest BCUT2D eigenvalue weighted by atomic mass is 10.1. The van der Waals surface area contributed by atoms with Crippen LogP contribution in [0.25, 0.3) is 0 Å². The zero-order valence-electron chi connectivity index (χ0n) is 8.37. The molecule has 1 fully saturated rings. The summed E-state index contributed by atoms with van der Waals surface area (Å²) in [4.78, 5) is 0. The van der Waals surface area contributed by atoms with Gasteiger partial charge in [-0.3, -0.25) is 0 Å². The Morgan fingerprint density at radius 2 is 1.81 bits per heavy atom. The van der Waals surface area contributed by atoms with E-state index in [0.717, 1.165) is 4.31 Å². The van der Waals surface area contributed by atoms with Gasteiger partial charge in [-0.1, -0.05) is 0 Å². The monoisotopic (exact) mass is 262 g/mol. The zero-order valence-corrected chi connectivity index (χ0v) is 9.18. The molecular formula is C7H13F3N2O3S. The average molecular weight is 262 g/mol. The van der Waals surface area contributed by atoms with Gasteiger partial charge in [-0.15, -0.1) is 0 Å². The van der Waals surface area contributed by atoms with Crippen LogP contribution in [0.4, 0.5) is 13.2 Å². The number of piperidine rings is 1. The van der Waals surface area contributed by atoms with E-state index in [4.69, 9.17) is 5.11 Å². The number of hydrogen-bond acceptors (Lipinski definition) is 3. The average Bonchev–Trinajstić information content (AvgIpc) is 2.15. The summed E-state index contributed by atoms with van der Waals surface area (Å²) in [7, 11) is -4.09. The maximum atomic E-state index is 11.8. The van der Waals surface area contributed by atoms with Gasteiger partial charge in [0.1, 0.15) is 6.54 Å². The van der Waals surface area contributed by atoms with Gasteiger partial charge in [-0.2, -0.15) is 30.6 Å². The molecule has 1 rings (SSSR count). The molecule has 0 aromatic heterocycles. The molecular weight excluding hydrogens is 249 g/mol. The highest BCUT2D eigenvalue weighted by Gasteiger charge is 2.33. The van der Waals surface area contributed by atoms with E-state index in [1.54, 1.807) is 0 Å². The molecule has 0 amide bonds. The summed E-state index contributed by atoms with van der Waals surface area (Å²) in [6.07, 6.45) is -4.66. The third-order valence-corrected chi connectivity index (χ3v) is 3.77. The molecule has 1 heterocycles. The van der Waals surface area contributed by atoms with Crippen molar-refractivity contribution in [1.29, 1.82) is 0 Å². The predicted octanol–water partition coefficient (Wildman–Crippen LogP) is -0.160. The molecule has 0 unspecified atom stereocenters. The maximum absolute atomic E-state index is 11.8. The SMILES string of the molecule is O=S(=O)(NCC(F)(F)F)N1CCC(O)CC1. The normalized spacial score (nSPS) is 21.2. The minimum Gasteiger partial charge on any atom is -0.393 e. The first-order valence-electron chi connectivity index (χ1n) is 4.70. The molecule has 0 aliphatic carbocycles. The number of aliphatic hydroxyl groups excluding tert-OH is 1. The van der Waals surface area contributed by atoms with Crippen molar-refractivity contribution in [3.05, 3.63) is 0 Å². The van der Waals surface area contributed by atoms with Gasteiger partial charge in [0.25, 0.3) is 10.2 Å². The summed E-state index contributed by atoms with van der Waals surface area (Å²) in [5.74, 6) is 0. The Morgan fingerprint density at radius 3 is 2.25 bits per heavy atom. The van der Waals surface area contributed by atoms with E-state index < -0.39 is 29.0 Å². The molecule has 96 valence electrons. The molecule has 5 nitrogen and oxygen atoms in total. The highest BCUT2D eigenvalue weighted by molar-refractivity contribution is 7.87. The van der Waals surface area contributed by atoms with Crippen LogP contribution in [0.5, 0.6) is 0 Å². The topological polar surface area (TPSA) is 69.6 Å². The van der Waals surface area contributed by atoms with Crippen LogP contribution in [-0.2, 0) is 10.2 Å². The van der Waals surface area contributed by atoms with Crippen LogP contribution < -0.4 is 4.72 Å². The summed E-state index contributed by atoms with van der Waals surface area (Å²) in [6, 6.07) is 0. The second-order valence-electron chi connectivity index (χ2n) is 3.57. The van der Waals surface area contributed by atoms with Crippen molar-refractivity contribution in [2.75, 3.05) is 19.6 Å². The largest absolute Gasteiger partial charge is 0.402 e. The van der Waals surface area contributed by atoms with Crippen molar-refractivity contribution in [2.24, 2.45) is 0 Å². The fourth-order valence-electron chi connectivity index (χ4n) is 1.35. The van der Waals surface area contributed by atoms with E-state index in [0.29, 0.717) is 0 Å². The van der Waals surface area contributed by atoms with Crippen LogP contribution in [-0.4, -0.2) is 49.7 Å². The predicted molar refractivity (Wildman–Crippen MR) is 49.8 cm³/mol. The standard InChI is InChI=1S/C7H13F3N2O3S/c8-7(9,10)5-11-16(14,15)12-3-1-6(13)2-4-12/h6,11,13H,1-5H2. The van der Waals surface area contributed by atoms with Crippen molar-refractivity contribution in [3.63, 3.8) is 0 Å². The smallest absolute Gasteiger partial charge is 0.393 e. The maximum Gasteiger partial charge on any atom is 0.402 e. The Labute approximate surface area is 91.4 Å². The Kier molecular flexibility index (Phi) is 4.16. The zero-order chi connectivity index (χ0) is 12.4. The van der Waals surface area contributed by atoms with E-state index in [-0.39, 0.29) is 25.9 Å². The molecule has 1 aliphatic heterocycles. The van der Waals surface area contributed by atoms with Crippen LogP contribution in [0, 0.1) is 0 Å². The fraction of sp³-hybridized carbons (Fsp3) is 1.00. The number of alkyl halides is 3. The summed E-state index contributed by atoms with van der Waals surface area (Å²) in [6.45, 7) is -1.50. The number of hydrogen-bond donors (Lipinski definition) is 2. The van der Waals surface area contributed by atoms with Gasteiger partial charge >= 0.3 is 6.18 Å². The molecule has 0 bridgehead atoms. The molecule has 16 heavy (non-hydrogen) atoms. The Balaban J connectivity index is 2.51. The minimum absolute atomic E-state index is 0.0361. The van der Waals surface area contributed by atoms with Gasteiger partial charge in [0.2, 0.25) is 0 Å². The van der Waals surface area contributed by atoms with Crippen molar-refractivity contribution in [2.45, 2.75) is 25.1 Å². The summed E-state index contributed by atoms with van der Waals surface area (Å²) in [5, 5.41) is 9.13. The molecule has 0 atom stereocenters. The lowest BCUT2D eigenvalue weighted by Gasteiger charge is -2.28. The number of halogens is 3. The minimum atomic E-state index is -4.57. The van der Waals surface area contributed by atoms with Crippen LogP contribution in [0.15, 0.2) is 0 Å². The summed E-state index contributed by atoms with van der Waals surface area (Å²) >= 11 is 0. The van der Waals surface area contributed by atoms with E-state index in [1.807, 2.05) is 0 Å². The van der Waals surface area contributed by atoms with E-state index in [1.165, 1.54) is 4.72 Å². The van der Waals surface area contributed by atoms with E-state index in [2.05, 4.69) is 0 Å². The third-order valence-electron chi connectivity index (χ3n) is 2.22. The van der Waals surface area contributed by atoms with Crippen molar-refractivity contribution < 1.29 is 26.7 Å². The molecule has 1 saturated heterocycles. The number of aliphatic hydroxyl groups is 1. The molecule has 0 radical (unpaired) electrons. The molecule has 0 saturated carbocycles. The van der Waals surface area contributed by atoms with Crippen LogP contribution >= 0.6 is 0 Å². The lowest BCUT2D eigenvalue weighted by molar-refractivity contribution is -0.121. The van der Waals surface area contributed by atoms with E-state index >= 15 is 0 Å². The highest BCUT2D eigenvalue weighted by atomic mass is 32.2. The summed E-state index contributed by atoms with van der Waals surface area (Å²) in [5.41, 5.74) is 0. The van der Waals surface area contributed by atoms with Crippen molar-refractivity contribution in [3.8, 4) is 0 Å². The fourth-order valence-corrected chi connectivity index (χ4v) is 2.57. The van der Waals surface area contributed by atoms with Gasteiger partial charge in [0.15, 0.2) is 0 Å². The first kappa shape index (κ1) is 13.7. The summed E-state index contributed by atoms with van der Waals surface area (Å²) < 4.78 is 60.6. The van der Waals surface area contributed by atoms with Crippen LogP contribution in [0.3, 0.4) is 0 Å². The Hall–Kier alpha value is -0.380. The first-order valence-corrected chi connectivity index (χ1v) is 6.14. The van der Waals surface area contributed by atoms with Crippen LogP contribution in [0.2, 0.25) is 0 Å². The second-order valence-corrected chi connectivity index (χ2v) is 5.33. The number of rotatable bonds is 3. The van der Waals surface area contributed by atoms with Gasteiger partial charge in [0.05, 0.1) is 6.10 Å². The first-order chi connectivity index (χ1) is 7.21. The molecule has 1 aliphatic rings. The highest BCUT2D eigenvalue weighted by Crippen LogP contribution is 2.16. The lowest BCUT2D eigenvalue weighted by Crippen LogP contribution is -2.48. The molecule has 0 aromatic carbocycles. The molecule has 0 spiro atoms. The van der Waals surface area contributed by atoms with Gasteiger partial charge < -0.3 is 5.11 Å². The van der Waals surface area contributed by atoms with Gasteiger partial charge in [-0.25, -0.2) is 0 Å². The molecule has 0 aromatic rings. The third kappa shape index (κ3) is 4.24. The quantitative estimate of drug-likeness (QED) is 0.742. The number of nitrogens with zero attached hydrogens (tertiary/aromatic N) is 1. The van der Waals surface area contributed by atoms with E-state index in [9.17, 15) is 21.6 Å². The Morgan fingerprint density at radius 1 is 1.31 bits per heavy atom. The molecule has 9 heteroatoms.